The maximum atomic E-state index is 13.1. The van der Waals surface area contributed by atoms with Crippen LogP contribution in [0.2, 0.25) is 0 Å². The summed E-state index contributed by atoms with van der Waals surface area (Å²) in [6.07, 6.45) is -0.130. The van der Waals surface area contributed by atoms with Gasteiger partial charge in [-0.05, 0) is 115 Å². The molecule has 0 radical (unpaired) electrons. The van der Waals surface area contributed by atoms with Gasteiger partial charge in [-0.3, -0.25) is 28.8 Å². The van der Waals surface area contributed by atoms with Crippen LogP contribution in [0.4, 0.5) is 0 Å². The molecular weight excluding hydrogens is 1420 g/mol. The summed E-state index contributed by atoms with van der Waals surface area (Å²) in [5.41, 5.74) is 22.1. The minimum Gasteiger partial charge on any atom is -0.493 e. The fourth-order valence-electron chi connectivity index (χ4n) is 11.0. The molecule has 0 spiro atoms. The average molecular weight is 1510 g/mol. The highest BCUT2D eigenvalue weighted by Crippen LogP contribution is 2.41. The molecule has 0 atom stereocenters. The number of nitrogens with zero attached hydrogens (tertiary/aromatic N) is 6. The number of rotatable bonds is 48. The Morgan fingerprint density at radius 1 is 0.364 bits per heavy atom. The lowest BCUT2D eigenvalue weighted by molar-refractivity contribution is -0.126. The monoisotopic (exact) mass is 1510 g/mol. The maximum absolute atomic E-state index is 13.1. The number of benzene rings is 8. The third-order valence-electron chi connectivity index (χ3n) is 16.5. The first-order chi connectivity index (χ1) is 53.8. The predicted octanol–water partition coefficient (Wildman–Crippen LogP) is 8.78. The van der Waals surface area contributed by atoms with E-state index in [4.69, 9.17) is 67.9 Å². The molecule has 6 amide bonds. The van der Waals surface area contributed by atoms with Crippen LogP contribution < -0.4 is 60.3 Å². The zero-order chi connectivity index (χ0) is 77.9. The van der Waals surface area contributed by atoms with Crippen LogP contribution in [0, 0.1) is 23.7 Å². The molecule has 0 aliphatic carbocycles. The van der Waals surface area contributed by atoms with E-state index in [1.807, 2.05) is 60.7 Å². The first-order valence-corrected chi connectivity index (χ1v) is 35.6. The second-order valence-corrected chi connectivity index (χ2v) is 24.0. The molecule has 8 rings (SSSR count). The second-order valence-electron chi connectivity index (χ2n) is 24.0. The summed E-state index contributed by atoms with van der Waals surface area (Å²) in [5, 5.41) is 29.9. The number of nitrogens with one attached hydrogen (secondary N) is 6. The van der Waals surface area contributed by atoms with Crippen LogP contribution in [0.3, 0.4) is 0 Å². The van der Waals surface area contributed by atoms with Crippen LogP contribution in [-0.2, 0) is 60.7 Å². The molecule has 0 fully saturated rings. The van der Waals surface area contributed by atoms with Gasteiger partial charge in [0.1, 0.15) is 13.2 Å². The lowest BCUT2D eigenvalue weighted by atomic mass is 9.90. The van der Waals surface area contributed by atoms with E-state index in [1.54, 1.807) is 0 Å². The van der Waals surface area contributed by atoms with Gasteiger partial charge in [-0.15, -0.1) is 0 Å². The van der Waals surface area contributed by atoms with Crippen molar-refractivity contribution < 1.29 is 85.6 Å². The van der Waals surface area contributed by atoms with Crippen LogP contribution in [0.15, 0.2) is 132 Å². The van der Waals surface area contributed by atoms with Crippen molar-refractivity contribution in [3.8, 4) is 58.2 Å². The quantitative estimate of drug-likeness (QED) is 0.00518. The van der Waals surface area contributed by atoms with Crippen molar-refractivity contribution in [1.82, 2.24) is 31.9 Å². The maximum Gasteiger partial charge on any atom is 0.251 e. The molecule has 110 heavy (non-hydrogen) atoms. The zero-order valence-electron chi connectivity index (χ0n) is 62.0. The van der Waals surface area contributed by atoms with Gasteiger partial charge in [0.25, 0.3) is 11.8 Å². The summed E-state index contributed by atoms with van der Waals surface area (Å²) < 4.78 is 66.3. The fraction of sp³-hybridized carbons (Fsp3) is 0.375. The van der Waals surface area contributed by atoms with E-state index in [1.165, 1.54) is 52.7 Å². The number of carbonyl (C=O) groups excluding carboxylic acids is 6. The molecule has 0 saturated heterocycles. The van der Waals surface area contributed by atoms with Crippen molar-refractivity contribution in [1.29, 1.82) is 0 Å². The molecular formula is C80H90N12O18. The van der Waals surface area contributed by atoms with Crippen LogP contribution in [0.1, 0.15) is 79.8 Å². The molecule has 0 unspecified atom stereocenters. The van der Waals surface area contributed by atoms with Gasteiger partial charge in [-0.25, -0.2) is 0 Å². The van der Waals surface area contributed by atoms with Crippen molar-refractivity contribution in [2.75, 3.05) is 160 Å². The summed E-state index contributed by atoms with van der Waals surface area (Å²) in [7, 11) is 5.78. The van der Waals surface area contributed by atoms with Gasteiger partial charge in [-0.1, -0.05) is 94.6 Å². The summed E-state index contributed by atoms with van der Waals surface area (Å²) >= 11 is 0. The van der Waals surface area contributed by atoms with Gasteiger partial charge in [-0.2, -0.15) is 0 Å². The zero-order valence-corrected chi connectivity index (χ0v) is 62.0. The highest BCUT2D eigenvalue weighted by molar-refractivity contribution is 6.25. The minimum atomic E-state index is -0.427. The fourth-order valence-corrected chi connectivity index (χ4v) is 11.0. The van der Waals surface area contributed by atoms with Gasteiger partial charge in [0.05, 0.1) is 108 Å². The summed E-state index contributed by atoms with van der Waals surface area (Å²) in [4.78, 5) is 82.4. The predicted molar refractivity (Wildman–Crippen MR) is 411 cm³/mol. The van der Waals surface area contributed by atoms with Crippen LogP contribution in [0.5, 0.6) is 34.5 Å². The van der Waals surface area contributed by atoms with E-state index in [2.05, 4.69) is 112 Å². The number of hydrogen-bond donors (Lipinski definition) is 6. The van der Waals surface area contributed by atoms with Gasteiger partial charge in [0.2, 0.25) is 35.1 Å². The molecule has 0 aromatic heterocycles. The summed E-state index contributed by atoms with van der Waals surface area (Å²) in [6, 6.07) is 38.0. The molecule has 8 aromatic carbocycles. The van der Waals surface area contributed by atoms with Crippen molar-refractivity contribution in [3.63, 3.8) is 0 Å². The first-order valence-electron chi connectivity index (χ1n) is 35.6. The van der Waals surface area contributed by atoms with E-state index in [9.17, 15) is 28.8 Å². The number of ether oxygens (including phenoxy) is 12. The molecule has 0 heterocycles. The Kier molecular flexibility index (Phi) is 35.6. The molecule has 0 bridgehead atoms. The third kappa shape index (κ3) is 27.3. The lowest BCUT2D eigenvalue weighted by Gasteiger charge is -2.16. The Labute approximate surface area is 636 Å². The van der Waals surface area contributed by atoms with E-state index in [-0.39, 0.29) is 162 Å². The van der Waals surface area contributed by atoms with Crippen LogP contribution >= 0.6 is 0 Å². The number of carbonyl (C=O) groups is 6. The van der Waals surface area contributed by atoms with Crippen molar-refractivity contribution in [2.45, 2.75) is 38.8 Å². The largest absolute Gasteiger partial charge is 0.493 e. The first kappa shape index (κ1) is 83.6. The summed E-state index contributed by atoms with van der Waals surface area (Å²) in [6.45, 7) is 5.93. The number of hydrogen-bond acceptors (Lipinski definition) is 20. The minimum absolute atomic E-state index is 0.0247. The van der Waals surface area contributed by atoms with E-state index < -0.39 is 11.8 Å². The molecule has 30 heteroatoms. The molecule has 0 aliphatic heterocycles. The van der Waals surface area contributed by atoms with E-state index in [0.29, 0.717) is 77.6 Å². The normalized spacial score (nSPS) is 10.7. The van der Waals surface area contributed by atoms with Crippen molar-refractivity contribution in [2.24, 2.45) is 10.2 Å². The molecule has 0 saturated carbocycles. The van der Waals surface area contributed by atoms with Crippen LogP contribution in [-0.4, -0.2) is 196 Å². The molecule has 8 aromatic rings. The Morgan fingerprint density at radius 2 is 0.673 bits per heavy atom. The number of amides is 6. The Morgan fingerprint density at radius 3 is 1.01 bits per heavy atom. The molecule has 30 nitrogen and oxygen atoms in total. The highest BCUT2D eigenvalue weighted by Gasteiger charge is 2.21. The van der Waals surface area contributed by atoms with Gasteiger partial charge in [0.15, 0.2) is 23.0 Å². The Bertz CT molecular complexity index is 4260. The second kappa shape index (κ2) is 46.9. The number of azide groups is 2. The number of methoxy groups -OCH3 is 4. The smallest absolute Gasteiger partial charge is 0.251 e. The Balaban J connectivity index is 0.707. The molecule has 6 N–H and O–H groups in total. The molecule has 0 aliphatic rings. The van der Waals surface area contributed by atoms with Crippen LogP contribution in [0.25, 0.3) is 53.2 Å². The van der Waals surface area contributed by atoms with E-state index in [0.717, 1.165) is 65.7 Å². The topological polar surface area (TPSA) is 383 Å². The van der Waals surface area contributed by atoms with Gasteiger partial charge in [0, 0.05) is 121 Å². The summed E-state index contributed by atoms with van der Waals surface area (Å²) in [5.74, 6) is 13.0. The lowest BCUT2D eigenvalue weighted by Crippen LogP contribution is -2.35. The van der Waals surface area contributed by atoms with Crippen molar-refractivity contribution in [3.05, 3.63) is 187 Å². The van der Waals surface area contributed by atoms with Crippen molar-refractivity contribution >= 4 is 67.8 Å². The van der Waals surface area contributed by atoms with E-state index >= 15 is 0 Å². The SMILES string of the molecule is COc1cc(C(=O)NCCNC(=O)CCC(=O)NCc2ccc(C#Cc3ccc4ccc5c(C#Cc6ccc(CNC(=O)CCC(=O)NCCNC(=O)c7cc(OC)c(OCCOCCOCCOCCN=[N+]=[N-])c(OC)c7)cc6)ccc6ccc3c4c65)cc2)cc(OC)c1OCCOCCOCCOCCN=[N+]=[N-]. The van der Waals surface area contributed by atoms with Gasteiger partial charge >= 0.3 is 0 Å². The average Bonchev–Trinajstić information content (AvgIpc) is 0.734. The van der Waals surface area contributed by atoms with Gasteiger partial charge < -0.3 is 88.7 Å². The highest BCUT2D eigenvalue weighted by atomic mass is 16.6. The standard InChI is InChI=1S/C80H90N12O18/c1-99-67-49-63(50-68(100-2)77(67)109-47-45-107-43-41-105-39-37-103-35-33-89-91-81)79(97)85-31-29-83-71(93)25-27-73(95)87-53-57-9-5-55(6-10-57)13-15-59-17-19-61-22-24-66-60(18-20-62-21-23-65(59)75(61)76(62)66)16-14-56-7-11-58(12-8-56)54-88-74(96)28-26-72(94)84-30-32-86-80(98)64-51-69(101-3)78(70(52-64)102-4)110-48-46-108-44-42-106-40-38-104-36-34-90-92-82/h5-12,17-24,49-52H,25-48,53-54H2,1-4H3,(H,83,93)(H,84,94)(H,85,97)(H,86,98)(H,87,95)(H,88,96). The molecule has 578 valence electrons. The third-order valence-corrected chi connectivity index (χ3v) is 16.5. The Hall–Kier alpha value is -12.1.